The molecule has 0 aromatic heterocycles. The summed E-state index contributed by atoms with van der Waals surface area (Å²) >= 11 is 0. The van der Waals surface area contributed by atoms with Gasteiger partial charge in [-0.15, -0.1) is 0 Å². The monoisotopic (exact) mass is 767 g/mol. The summed E-state index contributed by atoms with van der Waals surface area (Å²) in [6, 6.07) is 0. The number of esters is 1. The number of phosphoric acid groups is 1. The van der Waals surface area contributed by atoms with Crippen LogP contribution >= 0.6 is 7.82 Å². The average molecular weight is 767 g/mol. The van der Waals surface area contributed by atoms with Gasteiger partial charge in [-0.25, -0.2) is 4.57 Å². The van der Waals surface area contributed by atoms with E-state index in [2.05, 4.69) is 62.5 Å². The first-order valence-electron chi connectivity index (χ1n) is 21.0. The molecular formula is C44H81NO7P+. The van der Waals surface area contributed by atoms with E-state index in [0.717, 1.165) is 38.5 Å². The SMILES string of the molecule is CC/C=C\C/C=C\C/C=C\C/C=C\CCC(=O)OC(COCCCCCCCCCC/C=C\CCCCCCCC)COP(=O)(O)OCC[N+](C)(C)C. The van der Waals surface area contributed by atoms with Crippen LogP contribution in [-0.4, -0.2) is 75.6 Å². The topological polar surface area (TPSA) is 91.3 Å². The molecule has 0 radical (unpaired) electrons. The van der Waals surface area contributed by atoms with Gasteiger partial charge in [0.15, 0.2) is 0 Å². The average Bonchev–Trinajstić information content (AvgIpc) is 3.11. The van der Waals surface area contributed by atoms with Gasteiger partial charge >= 0.3 is 13.8 Å². The second-order valence-corrected chi connectivity index (χ2v) is 16.4. The summed E-state index contributed by atoms with van der Waals surface area (Å²) in [4.78, 5) is 22.8. The van der Waals surface area contributed by atoms with Crippen molar-refractivity contribution in [1.82, 2.24) is 0 Å². The van der Waals surface area contributed by atoms with E-state index in [1.54, 1.807) is 0 Å². The summed E-state index contributed by atoms with van der Waals surface area (Å²) in [5.74, 6) is -0.396. The maximum absolute atomic E-state index is 12.6. The van der Waals surface area contributed by atoms with Crippen molar-refractivity contribution in [3.8, 4) is 0 Å². The molecule has 2 atom stereocenters. The minimum Gasteiger partial charge on any atom is -0.457 e. The molecule has 8 nitrogen and oxygen atoms in total. The van der Waals surface area contributed by atoms with Crippen molar-refractivity contribution in [2.24, 2.45) is 0 Å². The first kappa shape index (κ1) is 51.2. The summed E-state index contributed by atoms with van der Waals surface area (Å²) in [6.45, 7) is 5.38. The number of hydrogen-bond acceptors (Lipinski definition) is 6. The van der Waals surface area contributed by atoms with Gasteiger partial charge in [-0.2, -0.15) is 0 Å². The van der Waals surface area contributed by atoms with E-state index in [4.69, 9.17) is 18.5 Å². The molecule has 0 aliphatic heterocycles. The van der Waals surface area contributed by atoms with Crippen molar-refractivity contribution < 1.29 is 37.3 Å². The highest BCUT2D eigenvalue weighted by Crippen LogP contribution is 2.43. The summed E-state index contributed by atoms with van der Waals surface area (Å²) in [7, 11) is 1.61. The van der Waals surface area contributed by atoms with E-state index in [-0.39, 0.29) is 26.2 Å². The van der Waals surface area contributed by atoms with Crippen LogP contribution in [0.1, 0.15) is 155 Å². The minimum absolute atomic E-state index is 0.0732. The summed E-state index contributed by atoms with van der Waals surface area (Å²) in [6.07, 6.45) is 45.6. The van der Waals surface area contributed by atoms with Crippen LogP contribution in [0.3, 0.4) is 0 Å². The van der Waals surface area contributed by atoms with Crippen LogP contribution in [0.25, 0.3) is 0 Å². The van der Waals surface area contributed by atoms with E-state index in [0.29, 0.717) is 24.1 Å². The lowest BCUT2D eigenvalue weighted by Gasteiger charge is -2.24. The molecule has 0 aromatic carbocycles. The molecule has 0 saturated heterocycles. The fraction of sp³-hybridized carbons (Fsp3) is 0.750. The molecule has 0 amide bonds. The molecule has 1 N–H and O–H groups in total. The fourth-order valence-corrected chi connectivity index (χ4v) is 6.07. The van der Waals surface area contributed by atoms with Gasteiger partial charge in [0, 0.05) is 13.0 Å². The third kappa shape index (κ3) is 41.2. The van der Waals surface area contributed by atoms with E-state index in [1.165, 1.54) is 89.9 Å². The molecule has 0 aliphatic carbocycles. The van der Waals surface area contributed by atoms with Crippen LogP contribution < -0.4 is 0 Å². The Balaban J connectivity index is 4.32. The first-order chi connectivity index (χ1) is 25.6. The number of quaternary nitrogens is 1. The second-order valence-electron chi connectivity index (χ2n) is 15.0. The highest BCUT2D eigenvalue weighted by atomic mass is 31.2. The number of phosphoric ester groups is 1. The van der Waals surface area contributed by atoms with Crippen molar-refractivity contribution in [3.05, 3.63) is 60.8 Å². The van der Waals surface area contributed by atoms with E-state index >= 15 is 0 Å². The summed E-state index contributed by atoms with van der Waals surface area (Å²) < 4.78 is 34.8. The number of unbranched alkanes of at least 4 members (excludes halogenated alkanes) is 14. The molecule has 0 rings (SSSR count). The van der Waals surface area contributed by atoms with Gasteiger partial charge in [-0.1, -0.05) is 145 Å². The molecule has 0 spiro atoms. The van der Waals surface area contributed by atoms with Gasteiger partial charge in [0.2, 0.25) is 0 Å². The first-order valence-corrected chi connectivity index (χ1v) is 22.5. The highest BCUT2D eigenvalue weighted by molar-refractivity contribution is 7.47. The molecule has 0 aliphatic rings. The minimum atomic E-state index is -4.29. The van der Waals surface area contributed by atoms with Gasteiger partial charge in [-0.3, -0.25) is 13.8 Å². The lowest BCUT2D eigenvalue weighted by Crippen LogP contribution is -2.37. The number of rotatable bonds is 38. The van der Waals surface area contributed by atoms with Gasteiger partial charge in [0.25, 0.3) is 0 Å². The van der Waals surface area contributed by atoms with Crippen molar-refractivity contribution in [3.63, 3.8) is 0 Å². The quantitative estimate of drug-likeness (QED) is 0.0220. The Morgan fingerprint density at radius 3 is 1.64 bits per heavy atom. The molecule has 0 bridgehead atoms. The van der Waals surface area contributed by atoms with Crippen molar-refractivity contribution in [2.45, 2.75) is 161 Å². The molecule has 0 aromatic rings. The highest BCUT2D eigenvalue weighted by Gasteiger charge is 2.26. The molecular weight excluding hydrogens is 685 g/mol. The Morgan fingerprint density at radius 2 is 1.09 bits per heavy atom. The molecule has 9 heteroatoms. The van der Waals surface area contributed by atoms with Gasteiger partial charge < -0.3 is 18.9 Å². The molecule has 308 valence electrons. The zero-order chi connectivity index (χ0) is 39.1. The molecule has 0 saturated carbocycles. The van der Waals surface area contributed by atoms with Crippen LogP contribution in [0.4, 0.5) is 0 Å². The molecule has 0 heterocycles. The number of hydrogen-bond donors (Lipinski definition) is 1. The second kappa shape index (κ2) is 37.1. The predicted octanol–water partition coefficient (Wildman–Crippen LogP) is 12.2. The smallest absolute Gasteiger partial charge is 0.457 e. The number of likely N-dealkylation sites (N-methyl/N-ethyl adjacent to an activating group) is 1. The van der Waals surface area contributed by atoms with Crippen LogP contribution in [0.15, 0.2) is 60.8 Å². The van der Waals surface area contributed by atoms with Gasteiger partial charge in [0.1, 0.15) is 19.3 Å². The van der Waals surface area contributed by atoms with Crippen LogP contribution in [0.2, 0.25) is 0 Å². The third-order valence-corrected chi connectivity index (χ3v) is 9.56. The summed E-state index contributed by atoms with van der Waals surface area (Å²) in [5, 5.41) is 0. The van der Waals surface area contributed by atoms with E-state index in [1.807, 2.05) is 33.3 Å². The Bertz CT molecular complexity index is 1030. The Labute approximate surface area is 326 Å². The Kier molecular flexibility index (Phi) is 35.9. The van der Waals surface area contributed by atoms with Crippen molar-refractivity contribution >= 4 is 13.8 Å². The standard InChI is InChI=1S/C44H80NO7P/c1-6-8-10-12-14-16-18-20-21-22-23-24-26-28-30-32-34-36-39-49-41-43(42-51-53(47,48)50-40-38-45(3,4)5)52-44(46)37-35-33-31-29-27-25-19-17-15-13-11-9-7-2/h9,11,15,17,20-21,25,27,31,33,43H,6-8,10,12-14,16,18-19,22-24,26,28-30,32,34-42H2,1-5H3/p+1/b11-9-,17-15-,21-20-,27-25-,33-31-. The van der Waals surface area contributed by atoms with E-state index in [9.17, 15) is 14.3 Å². The number of allylic oxidation sites excluding steroid dienone is 10. The lowest BCUT2D eigenvalue weighted by molar-refractivity contribution is -0.870. The van der Waals surface area contributed by atoms with Crippen molar-refractivity contribution in [1.29, 1.82) is 0 Å². The molecule has 53 heavy (non-hydrogen) atoms. The number of carbonyl (C=O) groups is 1. The largest absolute Gasteiger partial charge is 0.472 e. The zero-order valence-electron chi connectivity index (χ0n) is 34.7. The lowest BCUT2D eigenvalue weighted by atomic mass is 10.1. The van der Waals surface area contributed by atoms with Crippen LogP contribution in [0.5, 0.6) is 0 Å². The van der Waals surface area contributed by atoms with Gasteiger partial charge in [0.05, 0.1) is 34.4 Å². The fourth-order valence-electron chi connectivity index (χ4n) is 5.32. The van der Waals surface area contributed by atoms with Crippen LogP contribution in [-0.2, 0) is 27.9 Å². The summed E-state index contributed by atoms with van der Waals surface area (Å²) in [5.41, 5.74) is 0. The van der Waals surface area contributed by atoms with Crippen molar-refractivity contribution in [2.75, 3.05) is 54.1 Å². The Morgan fingerprint density at radius 1 is 0.604 bits per heavy atom. The number of nitrogens with zero attached hydrogens (tertiary/aromatic N) is 1. The third-order valence-electron chi connectivity index (χ3n) is 8.58. The van der Waals surface area contributed by atoms with Crippen LogP contribution in [0, 0.1) is 0 Å². The van der Waals surface area contributed by atoms with E-state index < -0.39 is 19.9 Å². The molecule has 0 fully saturated rings. The number of carbonyl (C=O) groups excluding carboxylic acids is 1. The number of ether oxygens (including phenoxy) is 2. The predicted molar refractivity (Wildman–Crippen MR) is 224 cm³/mol. The molecule has 2 unspecified atom stereocenters. The normalized spacial score (nSPS) is 14.5. The maximum atomic E-state index is 12.6. The Hall–Kier alpha value is -1.80. The van der Waals surface area contributed by atoms with Gasteiger partial charge in [-0.05, 0) is 64.2 Å². The zero-order valence-corrected chi connectivity index (χ0v) is 35.6. The maximum Gasteiger partial charge on any atom is 0.472 e.